The molecule has 1 heterocycles. The van der Waals surface area contributed by atoms with Gasteiger partial charge in [0.25, 0.3) is 0 Å². The molecule has 2 N–H and O–H groups in total. The van der Waals surface area contributed by atoms with E-state index in [1.54, 1.807) is 7.05 Å². The van der Waals surface area contributed by atoms with Crippen molar-refractivity contribution in [1.82, 2.24) is 20.1 Å². The molecule has 7 nitrogen and oxygen atoms in total. The molecule has 0 bridgehead atoms. The minimum atomic E-state index is -0.312. The van der Waals surface area contributed by atoms with Gasteiger partial charge < -0.3 is 15.2 Å². The van der Waals surface area contributed by atoms with Gasteiger partial charge in [0, 0.05) is 44.0 Å². The van der Waals surface area contributed by atoms with E-state index in [4.69, 9.17) is 0 Å². The lowest BCUT2D eigenvalue weighted by Gasteiger charge is -2.18. The molecule has 0 saturated heterocycles. The largest absolute Gasteiger partial charge is 0.359 e. The van der Waals surface area contributed by atoms with Crippen LogP contribution in [0.25, 0.3) is 0 Å². The summed E-state index contributed by atoms with van der Waals surface area (Å²) in [5.74, 6) is 1.89. The van der Waals surface area contributed by atoms with Gasteiger partial charge in [-0.15, -0.1) is 10.2 Å². The van der Waals surface area contributed by atoms with Gasteiger partial charge in [-0.05, 0) is 50.7 Å². The van der Waals surface area contributed by atoms with E-state index >= 15 is 0 Å². The molecule has 2 amide bonds. The van der Waals surface area contributed by atoms with Crippen LogP contribution < -0.4 is 10.6 Å². The third-order valence-electron chi connectivity index (χ3n) is 6.05. The molecule has 0 aliphatic heterocycles. The zero-order chi connectivity index (χ0) is 23.3. The standard InChI is InChI=1S/C25H37N5O2/c1-16(2)7-6-8-22-28-29-25(30(22)20-10-11-20)19(14-23(31)26-5)15-24(32)27-21-12-9-17(3)13-18(21)4/h9,12-13,16,19-20H,6-8,10-11,14-15H2,1-5H3,(H,26,31)(H,27,32). The predicted octanol–water partition coefficient (Wildman–Crippen LogP) is 4.46. The Morgan fingerprint density at radius 3 is 2.47 bits per heavy atom. The zero-order valence-electron chi connectivity index (χ0n) is 20.1. The van der Waals surface area contributed by atoms with Crippen LogP contribution in [0.4, 0.5) is 5.69 Å². The van der Waals surface area contributed by atoms with E-state index in [1.807, 2.05) is 32.0 Å². The summed E-state index contributed by atoms with van der Waals surface area (Å²) in [6, 6.07) is 6.35. The van der Waals surface area contributed by atoms with Crippen LogP contribution in [0, 0.1) is 19.8 Å². The highest BCUT2D eigenvalue weighted by molar-refractivity contribution is 5.92. The average molecular weight is 440 g/mol. The molecule has 1 aliphatic rings. The summed E-state index contributed by atoms with van der Waals surface area (Å²) >= 11 is 0. The fourth-order valence-corrected chi connectivity index (χ4v) is 4.14. The molecule has 1 aliphatic carbocycles. The summed E-state index contributed by atoms with van der Waals surface area (Å²) in [4.78, 5) is 25.2. The summed E-state index contributed by atoms with van der Waals surface area (Å²) in [5, 5.41) is 14.7. The van der Waals surface area contributed by atoms with E-state index in [0.717, 1.165) is 60.6 Å². The van der Waals surface area contributed by atoms with E-state index in [1.165, 1.54) is 0 Å². The molecule has 1 saturated carbocycles. The fraction of sp³-hybridized carbons (Fsp3) is 0.600. The number of hydrogen-bond acceptors (Lipinski definition) is 4. The molecule has 7 heteroatoms. The molecule has 174 valence electrons. The highest BCUT2D eigenvalue weighted by atomic mass is 16.2. The summed E-state index contributed by atoms with van der Waals surface area (Å²) in [7, 11) is 1.62. The van der Waals surface area contributed by atoms with Crippen molar-refractivity contribution in [1.29, 1.82) is 0 Å². The maximum Gasteiger partial charge on any atom is 0.225 e. The number of carbonyl (C=O) groups is 2. The van der Waals surface area contributed by atoms with Gasteiger partial charge in [-0.25, -0.2) is 0 Å². The van der Waals surface area contributed by atoms with Gasteiger partial charge in [0.2, 0.25) is 11.8 Å². The van der Waals surface area contributed by atoms with Gasteiger partial charge in [0.15, 0.2) is 0 Å². The number of nitrogens with one attached hydrogen (secondary N) is 2. The first-order valence-corrected chi connectivity index (χ1v) is 11.8. The smallest absolute Gasteiger partial charge is 0.225 e. The second-order valence-corrected chi connectivity index (χ2v) is 9.51. The van der Waals surface area contributed by atoms with Crippen molar-refractivity contribution in [3.05, 3.63) is 41.0 Å². The third kappa shape index (κ3) is 6.40. The molecule has 1 unspecified atom stereocenters. The Bertz CT molecular complexity index is 946. The fourth-order valence-electron chi connectivity index (χ4n) is 4.14. The number of hydrogen-bond donors (Lipinski definition) is 2. The van der Waals surface area contributed by atoms with Crippen LogP contribution in [0.15, 0.2) is 18.2 Å². The van der Waals surface area contributed by atoms with Crippen LogP contribution in [0.3, 0.4) is 0 Å². The Kier molecular flexibility index (Phi) is 8.04. The van der Waals surface area contributed by atoms with Crippen LogP contribution in [0.1, 0.15) is 87.1 Å². The van der Waals surface area contributed by atoms with Crippen molar-refractivity contribution in [2.45, 2.75) is 84.6 Å². The molecule has 0 radical (unpaired) electrons. The first-order valence-electron chi connectivity index (χ1n) is 11.8. The minimum Gasteiger partial charge on any atom is -0.359 e. The van der Waals surface area contributed by atoms with Crippen molar-refractivity contribution < 1.29 is 9.59 Å². The van der Waals surface area contributed by atoms with Crippen molar-refractivity contribution in [2.24, 2.45) is 5.92 Å². The Morgan fingerprint density at radius 2 is 1.84 bits per heavy atom. The van der Waals surface area contributed by atoms with Crippen molar-refractivity contribution in [3.8, 4) is 0 Å². The van der Waals surface area contributed by atoms with Crippen molar-refractivity contribution >= 4 is 17.5 Å². The number of aryl methyl sites for hydroxylation is 3. The summed E-state index contributed by atoms with van der Waals surface area (Å²) in [6.45, 7) is 8.47. The van der Waals surface area contributed by atoms with Crippen LogP contribution in [-0.2, 0) is 16.0 Å². The van der Waals surface area contributed by atoms with Crippen molar-refractivity contribution in [2.75, 3.05) is 12.4 Å². The van der Waals surface area contributed by atoms with Gasteiger partial charge in [0.05, 0.1) is 0 Å². The Morgan fingerprint density at radius 1 is 1.12 bits per heavy atom. The second kappa shape index (κ2) is 10.7. The molecular formula is C25H37N5O2. The third-order valence-corrected chi connectivity index (χ3v) is 6.05. The predicted molar refractivity (Wildman–Crippen MR) is 127 cm³/mol. The van der Waals surface area contributed by atoms with E-state index in [-0.39, 0.29) is 30.6 Å². The molecule has 1 fully saturated rings. The SMILES string of the molecule is CNC(=O)CC(CC(=O)Nc1ccc(C)cc1C)c1nnc(CCCC(C)C)n1C1CC1. The first kappa shape index (κ1) is 24.0. The van der Waals surface area contributed by atoms with Gasteiger partial charge in [-0.2, -0.15) is 0 Å². The van der Waals surface area contributed by atoms with Gasteiger partial charge in [0.1, 0.15) is 11.6 Å². The topological polar surface area (TPSA) is 88.9 Å². The summed E-state index contributed by atoms with van der Waals surface area (Å²) < 4.78 is 2.22. The molecule has 1 atom stereocenters. The molecule has 32 heavy (non-hydrogen) atoms. The lowest BCUT2D eigenvalue weighted by atomic mass is 9.98. The average Bonchev–Trinajstić information content (AvgIpc) is 3.48. The lowest BCUT2D eigenvalue weighted by molar-refractivity contribution is -0.121. The maximum absolute atomic E-state index is 13.0. The van der Waals surface area contributed by atoms with Gasteiger partial charge >= 0.3 is 0 Å². The number of anilines is 1. The van der Waals surface area contributed by atoms with Crippen LogP contribution in [0.5, 0.6) is 0 Å². The maximum atomic E-state index is 13.0. The van der Waals surface area contributed by atoms with Crippen LogP contribution in [0.2, 0.25) is 0 Å². The summed E-state index contributed by atoms with van der Waals surface area (Å²) in [5.41, 5.74) is 2.98. The molecule has 2 aromatic rings. The second-order valence-electron chi connectivity index (χ2n) is 9.51. The minimum absolute atomic E-state index is 0.0963. The van der Waals surface area contributed by atoms with Crippen LogP contribution in [-0.4, -0.2) is 33.6 Å². The Balaban J connectivity index is 1.79. The Hall–Kier alpha value is -2.70. The van der Waals surface area contributed by atoms with E-state index in [0.29, 0.717) is 12.0 Å². The molecular weight excluding hydrogens is 402 g/mol. The number of amides is 2. The zero-order valence-corrected chi connectivity index (χ0v) is 20.1. The van der Waals surface area contributed by atoms with E-state index < -0.39 is 0 Å². The molecule has 1 aromatic carbocycles. The number of rotatable bonds is 11. The first-order chi connectivity index (χ1) is 15.3. The molecule has 3 rings (SSSR count). The van der Waals surface area contributed by atoms with Crippen molar-refractivity contribution in [3.63, 3.8) is 0 Å². The number of nitrogens with zero attached hydrogens (tertiary/aromatic N) is 3. The lowest BCUT2D eigenvalue weighted by Crippen LogP contribution is -2.25. The van der Waals surface area contributed by atoms with Gasteiger partial charge in [-0.3, -0.25) is 9.59 Å². The quantitative estimate of drug-likeness (QED) is 0.541. The van der Waals surface area contributed by atoms with E-state index in [9.17, 15) is 9.59 Å². The highest BCUT2D eigenvalue weighted by Gasteiger charge is 2.33. The van der Waals surface area contributed by atoms with Crippen LogP contribution >= 0.6 is 0 Å². The number of aromatic nitrogens is 3. The monoisotopic (exact) mass is 439 g/mol. The Labute approximate surface area is 191 Å². The summed E-state index contributed by atoms with van der Waals surface area (Å²) in [6.07, 6.45) is 5.70. The molecule has 1 aromatic heterocycles. The van der Waals surface area contributed by atoms with Gasteiger partial charge in [-0.1, -0.05) is 38.0 Å². The normalized spacial score (nSPS) is 14.4. The molecule has 0 spiro atoms. The van der Waals surface area contributed by atoms with E-state index in [2.05, 4.69) is 39.2 Å². The highest BCUT2D eigenvalue weighted by Crippen LogP contribution is 2.39. The number of carbonyl (C=O) groups excluding carboxylic acids is 2. The number of benzene rings is 1.